The van der Waals surface area contributed by atoms with Crippen LogP contribution in [0.5, 0.6) is 0 Å². The molecule has 0 unspecified atom stereocenters. The number of hydrogen-bond acceptors (Lipinski definition) is 0. The Labute approximate surface area is 157 Å². The van der Waals surface area contributed by atoms with E-state index in [4.69, 9.17) is 0 Å². The third-order valence-corrected chi connectivity index (χ3v) is 6.45. The van der Waals surface area contributed by atoms with Gasteiger partial charge in [0.1, 0.15) is 0 Å². The van der Waals surface area contributed by atoms with Gasteiger partial charge in [-0.25, -0.2) is 0 Å². The SMILES string of the molecule is c1ccc2c(c1)Cc1c-2cc2c3ccccc3n3c2c1Cc1ccccc1-3. The maximum absolute atomic E-state index is 2.50. The van der Waals surface area contributed by atoms with Crippen LogP contribution in [0.2, 0.25) is 0 Å². The minimum Gasteiger partial charge on any atom is -0.309 e. The Kier molecular flexibility index (Phi) is 2.40. The average molecular weight is 343 g/mol. The van der Waals surface area contributed by atoms with Crippen molar-refractivity contribution in [1.82, 2.24) is 4.57 Å². The summed E-state index contributed by atoms with van der Waals surface area (Å²) in [7, 11) is 0. The van der Waals surface area contributed by atoms with Gasteiger partial charge in [-0.2, -0.15) is 0 Å². The van der Waals surface area contributed by atoms with E-state index in [1.54, 1.807) is 0 Å². The normalized spacial score (nSPS) is 13.6. The van der Waals surface area contributed by atoms with Gasteiger partial charge < -0.3 is 4.57 Å². The largest absolute Gasteiger partial charge is 0.309 e. The number of aromatic nitrogens is 1. The van der Waals surface area contributed by atoms with Gasteiger partial charge in [0.25, 0.3) is 0 Å². The molecule has 7 rings (SSSR count). The maximum Gasteiger partial charge on any atom is 0.0579 e. The summed E-state index contributed by atoms with van der Waals surface area (Å²) < 4.78 is 2.50. The van der Waals surface area contributed by atoms with E-state index in [-0.39, 0.29) is 0 Å². The van der Waals surface area contributed by atoms with Crippen LogP contribution in [0.3, 0.4) is 0 Å². The molecule has 126 valence electrons. The van der Waals surface area contributed by atoms with E-state index in [9.17, 15) is 0 Å². The van der Waals surface area contributed by atoms with Crippen LogP contribution in [0.4, 0.5) is 0 Å². The highest BCUT2D eigenvalue weighted by Gasteiger charge is 2.29. The van der Waals surface area contributed by atoms with Crippen molar-refractivity contribution in [2.24, 2.45) is 0 Å². The van der Waals surface area contributed by atoms with Crippen LogP contribution in [0.25, 0.3) is 38.6 Å². The quantitative estimate of drug-likeness (QED) is 0.306. The molecule has 1 heteroatoms. The molecule has 1 nitrogen and oxygen atoms in total. The molecule has 0 saturated carbocycles. The standard InChI is InChI=1S/C26H17N/c1-3-9-18-16(7-1)13-20-21(18)15-23-19-10-4-6-12-25(19)27-24-11-5-2-8-17(24)14-22(20)26(23)27/h1-12,15H,13-14H2. The molecule has 0 amide bonds. The molecule has 0 bridgehead atoms. The zero-order chi connectivity index (χ0) is 17.5. The highest BCUT2D eigenvalue weighted by atomic mass is 15.0. The Morgan fingerprint density at radius 3 is 2.30 bits per heavy atom. The molecule has 5 aromatic rings. The summed E-state index contributed by atoms with van der Waals surface area (Å²) in [6, 6.07) is 29.1. The monoisotopic (exact) mass is 343 g/mol. The van der Waals surface area contributed by atoms with Crippen LogP contribution >= 0.6 is 0 Å². The lowest BCUT2D eigenvalue weighted by Crippen LogP contribution is -2.09. The van der Waals surface area contributed by atoms with Crippen molar-refractivity contribution in [1.29, 1.82) is 0 Å². The minimum atomic E-state index is 1.03. The zero-order valence-corrected chi connectivity index (χ0v) is 14.9. The highest BCUT2D eigenvalue weighted by molar-refractivity contribution is 6.13. The summed E-state index contributed by atoms with van der Waals surface area (Å²) in [6.45, 7) is 0. The second-order valence-corrected chi connectivity index (χ2v) is 7.77. The van der Waals surface area contributed by atoms with Crippen molar-refractivity contribution in [3.05, 3.63) is 101 Å². The van der Waals surface area contributed by atoms with E-state index in [0.29, 0.717) is 0 Å². The molecule has 4 aromatic carbocycles. The van der Waals surface area contributed by atoms with E-state index in [2.05, 4.69) is 83.4 Å². The summed E-state index contributed by atoms with van der Waals surface area (Å²) in [5.74, 6) is 0. The number of benzene rings is 4. The third kappa shape index (κ3) is 1.61. The van der Waals surface area contributed by atoms with Crippen LogP contribution in [0, 0.1) is 0 Å². The number of rotatable bonds is 0. The first-order valence-electron chi connectivity index (χ1n) is 9.64. The van der Waals surface area contributed by atoms with E-state index in [0.717, 1.165) is 12.8 Å². The van der Waals surface area contributed by atoms with Crippen LogP contribution in [0.1, 0.15) is 22.3 Å². The first kappa shape index (κ1) is 13.8. The Balaban J connectivity index is 1.73. The van der Waals surface area contributed by atoms with Gasteiger partial charge in [-0.1, -0.05) is 60.7 Å². The number of para-hydroxylation sites is 2. The third-order valence-electron chi connectivity index (χ3n) is 6.45. The molecule has 1 aromatic heterocycles. The Morgan fingerprint density at radius 2 is 1.33 bits per heavy atom. The number of nitrogens with zero attached hydrogens (tertiary/aromatic N) is 1. The summed E-state index contributed by atoms with van der Waals surface area (Å²) in [6.07, 6.45) is 2.08. The average Bonchev–Trinajstić information content (AvgIpc) is 3.26. The second-order valence-electron chi connectivity index (χ2n) is 7.77. The molecular formula is C26H17N. The topological polar surface area (TPSA) is 4.93 Å². The van der Waals surface area contributed by atoms with Crippen molar-refractivity contribution in [3.8, 4) is 16.8 Å². The predicted octanol–water partition coefficient (Wildman–Crippen LogP) is 6.26. The molecule has 0 spiro atoms. The molecule has 0 radical (unpaired) electrons. The molecule has 0 fully saturated rings. The van der Waals surface area contributed by atoms with Crippen LogP contribution in [-0.4, -0.2) is 4.57 Å². The fourth-order valence-electron chi connectivity index (χ4n) is 5.32. The van der Waals surface area contributed by atoms with Crippen molar-refractivity contribution < 1.29 is 0 Å². The van der Waals surface area contributed by atoms with Gasteiger partial charge in [-0.15, -0.1) is 0 Å². The lowest BCUT2D eigenvalue weighted by atomic mass is 9.90. The molecule has 2 aliphatic rings. The molecule has 27 heavy (non-hydrogen) atoms. The zero-order valence-electron chi connectivity index (χ0n) is 14.9. The van der Waals surface area contributed by atoms with Gasteiger partial charge in [0.15, 0.2) is 0 Å². The number of fused-ring (bicyclic) bond motifs is 9. The lowest BCUT2D eigenvalue weighted by Gasteiger charge is -2.23. The molecular weight excluding hydrogens is 326 g/mol. The van der Waals surface area contributed by atoms with Crippen molar-refractivity contribution in [3.63, 3.8) is 0 Å². The van der Waals surface area contributed by atoms with Gasteiger partial charge in [-0.05, 0) is 58.0 Å². The first-order valence-corrected chi connectivity index (χ1v) is 9.64. The molecule has 2 heterocycles. The van der Waals surface area contributed by atoms with E-state index in [1.807, 2.05) is 0 Å². The van der Waals surface area contributed by atoms with Crippen molar-refractivity contribution in [2.75, 3.05) is 0 Å². The van der Waals surface area contributed by atoms with Crippen molar-refractivity contribution >= 4 is 21.8 Å². The summed E-state index contributed by atoms with van der Waals surface area (Å²) in [5.41, 5.74) is 12.9. The summed E-state index contributed by atoms with van der Waals surface area (Å²) >= 11 is 0. The van der Waals surface area contributed by atoms with Gasteiger partial charge in [0.05, 0.1) is 11.0 Å². The predicted molar refractivity (Wildman–Crippen MR) is 112 cm³/mol. The van der Waals surface area contributed by atoms with E-state index < -0.39 is 0 Å². The van der Waals surface area contributed by atoms with Crippen LogP contribution < -0.4 is 0 Å². The lowest BCUT2D eigenvalue weighted by molar-refractivity contribution is 1.02. The number of hydrogen-bond donors (Lipinski definition) is 0. The molecule has 0 atom stereocenters. The van der Waals surface area contributed by atoms with Gasteiger partial charge in [-0.3, -0.25) is 0 Å². The van der Waals surface area contributed by atoms with E-state index >= 15 is 0 Å². The fraction of sp³-hybridized carbons (Fsp3) is 0.0769. The summed E-state index contributed by atoms with van der Waals surface area (Å²) in [5, 5.41) is 2.75. The van der Waals surface area contributed by atoms with E-state index in [1.165, 1.54) is 60.9 Å². The maximum atomic E-state index is 2.50. The van der Waals surface area contributed by atoms with Crippen LogP contribution in [0.15, 0.2) is 78.9 Å². The highest BCUT2D eigenvalue weighted by Crippen LogP contribution is 2.47. The Morgan fingerprint density at radius 1 is 0.593 bits per heavy atom. The Bertz CT molecular complexity index is 1420. The van der Waals surface area contributed by atoms with Gasteiger partial charge >= 0.3 is 0 Å². The second kappa shape index (κ2) is 4.69. The van der Waals surface area contributed by atoms with Gasteiger partial charge in [0.2, 0.25) is 0 Å². The fourth-order valence-corrected chi connectivity index (χ4v) is 5.32. The molecule has 0 N–H and O–H groups in total. The smallest absolute Gasteiger partial charge is 0.0579 e. The van der Waals surface area contributed by atoms with Gasteiger partial charge in [0, 0.05) is 22.9 Å². The van der Waals surface area contributed by atoms with Crippen LogP contribution in [-0.2, 0) is 12.8 Å². The molecule has 0 saturated heterocycles. The molecule has 1 aliphatic carbocycles. The minimum absolute atomic E-state index is 1.03. The van der Waals surface area contributed by atoms with Crippen molar-refractivity contribution in [2.45, 2.75) is 12.8 Å². The Hall–Kier alpha value is -3.32. The summed E-state index contributed by atoms with van der Waals surface area (Å²) in [4.78, 5) is 0. The molecule has 1 aliphatic heterocycles. The first-order chi connectivity index (χ1) is 13.4.